The van der Waals surface area contributed by atoms with Crippen molar-refractivity contribution in [2.45, 2.75) is 83.9 Å². The normalized spacial score (nSPS) is 16.1. The highest BCUT2D eigenvalue weighted by atomic mass is 28.4. The van der Waals surface area contributed by atoms with E-state index < -0.39 is 22.7 Å². The molecule has 120 valence electrons. The number of hydrogen-bond acceptors (Lipinski definition) is 3. The van der Waals surface area contributed by atoms with E-state index in [1.165, 1.54) is 0 Å². The fraction of sp³-hybridized carbons (Fsp3) is 0.933. The first-order chi connectivity index (χ1) is 8.64. The quantitative estimate of drug-likeness (QED) is 0.530. The van der Waals surface area contributed by atoms with E-state index in [9.17, 15) is 4.79 Å². The molecule has 0 heterocycles. The second-order valence-electron chi connectivity index (χ2n) is 8.62. The van der Waals surface area contributed by atoms with Gasteiger partial charge in [0.15, 0.2) is 16.6 Å². The summed E-state index contributed by atoms with van der Waals surface area (Å²) < 4.78 is 12.2. The van der Waals surface area contributed by atoms with E-state index in [0.717, 1.165) is 6.29 Å². The zero-order valence-electron chi connectivity index (χ0n) is 15.1. The number of hydrogen-bond donors (Lipinski definition) is 0. The lowest BCUT2D eigenvalue weighted by molar-refractivity contribution is -0.115. The molecule has 1 unspecified atom stereocenters. The molecule has 0 saturated carbocycles. The largest absolute Gasteiger partial charge is 0.414 e. The topological polar surface area (TPSA) is 35.5 Å². The zero-order valence-corrected chi connectivity index (χ0v) is 17.1. The molecule has 0 aromatic heterocycles. The summed E-state index contributed by atoms with van der Waals surface area (Å²) in [5.41, 5.74) is 0. The minimum absolute atomic E-state index is 0.102. The zero-order chi connectivity index (χ0) is 16.4. The molecule has 0 bridgehead atoms. The van der Waals surface area contributed by atoms with Crippen molar-refractivity contribution in [2.75, 3.05) is 6.61 Å². The summed E-state index contributed by atoms with van der Waals surface area (Å²) in [5.74, 6) is 0. The van der Waals surface area contributed by atoms with Gasteiger partial charge in [0.2, 0.25) is 0 Å². The van der Waals surface area contributed by atoms with E-state index >= 15 is 0 Å². The summed E-state index contributed by atoms with van der Waals surface area (Å²) >= 11 is 0. The SMILES string of the molecule is CC(C)(C)[Si](C)(C)OCC(C=O)O[Si](C)(C)C(C)(C)C. The first-order valence-electron chi connectivity index (χ1n) is 7.41. The summed E-state index contributed by atoms with van der Waals surface area (Å²) in [6, 6.07) is 0. The number of carbonyl (C=O) groups is 1. The van der Waals surface area contributed by atoms with Crippen LogP contribution in [0.4, 0.5) is 0 Å². The van der Waals surface area contributed by atoms with E-state index in [0.29, 0.717) is 6.61 Å². The molecular formula is C15H34O3Si2. The molecule has 0 aliphatic rings. The van der Waals surface area contributed by atoms with Gasteiger partial charge >= 0.3 is 0 Å². The van der Waals surface area contributed by atoms with Crippen LogP contribution in [0.25, 0.3) is 0 Å². The first-order valence-corrected chi connectivity index (χ1v) is 13.2. The van der Waals surface area contributed by atoms with Gasteiger partial charge in [-0.05, 0) is 36.3 Å². The maximum atomic E-state index is 11.3. The third-order valence-electron chi connectivity index (χ3n) is 4.82. The third-order valence-corrected chi connectivity index (χ3v) is 13.8. The highest BCUT2D eigenvalue weighted by Gasteiger charge is 2.41. The molecule has 0 N–H and O–H groups in total. The van der Waals surface area contributed by atoms with Crippen molar-refractivity contribution in [3.05, 3.63) is 0 Å². The van der Waals surface area contributed by atoms with Gasteiger partial charge in [-0.25, -0.2) is 0 Å². The van der Waals surface area contributed by atoms with E-state index in [1.54, 1.807) is 0 Å². The van der Waals surface area contributed by atoms with Crippen LogP contribution >= 0.6 is 0 Å². The molecule has 0 radical (unpaired) electrons. The van der Waals surface area contributed by atoms with Gasteiger partial charge < -0.3 is 13.6 Å². The molecule has 3 nitrogen and oxygen atoms in total. The van der Waals surface area contributed by atoms with Crippen LogP contribution in [0.2, 0.25) is 36.3 Å². The number of aldehydes is 1. The Balaban J connectivity index is 4.72. The molecule has 0 fully saturated rings. The Kier molecular flexibility index (Phi) is 6.43. The van der Waals surface area contributed by atoms with E-state index in [-0.39, 0.29) is 10.1 Å². The summed E-state index contributed by atoms with van der Waals surface area (Å²) in [5, 5.41) is 0.253. The van der Waals surface area contributed by atoms with Crippen molar-refractivity contribution in [1.82, 2.24) is 0 Å². The van der Waals surface area contributed by atoms with Crippen LogP contribution in [0.5, 0.6) is 0 Å². The van der Waals surface area contributed by atoms with Crippen LogP contribution < -0.4 is 0 Å². The van der Waals surface area contributed by atoms with Crippen LogP contribution in [-0.2, 0) is 13.6 Å². The molecule has 5 heteroatoms. The van der Waals surface area contributed by atoms with Gasteiger partial charge in [0.1, 0.15) is 12.4 Å². The van der Waals surface area contributed by atoms with Crippen molar-refractivity contribution in [3.63, 3.8) is 0 Å². The fourth-order valence-corrected chi connectivity index (χ4v) is 3.41. The minimum atomic E-state index is -1.93. The standard InChI is InChI=1S/C15H34O3Si2/c1-14(2,3)19(7,8)17-12-13(11-16)18-20(9,10)15(4,5)6/h11,13H,12H2,1-10H3. The maximum absolute atomic E-state index is 11.3. The second kappa shape index (κ2) is 6.42. The summed E-state index contributed by atoms with van der Waals surface area (Å²) in [4.78, 5) is 11.3. The molecule has 0 aliphatic carbocycles. The van der Waals surface area contributed by atoms with Gasteiger partial charge in [0, 0.05) is 0 Å². The molecular weight excluding hydrogens is 284 g/mol. The molecule has 0 saturated heterocycles. The first kappa shape index (κ1) is 20.0. The van der Waals surface area contributed by atoms with Crippen LogP contribution in [0, 0.1) is 0 Å². The van der Waals surface area contributed by atoms with Crippen molar-refractivity contribution < 1.29 is 13.6 Å². The van der Waals surface area contributed by atoms with Gasteiger partial charge in [0.05, 0.1) is 6.61 Å². The number of rotatable bonds is 6. The third kappa shape index (κ3) is 5.43. The lowest BCUT2D eigenvalue weighted by Crippen LogP contribution is -2.48. The van der Waals surface area contributed by atoms with Crippen LogP contribution in [0.15, 0.2) is 0 Å². The predicted octanol–water partition coefficient (Wildman–Crippen LogP) is 4.60. The Morgan fingerprint density at radius 1 is 0.900 bits per heavy atom. The van der Waals surface area contributed by atoms with Crippen LogP contribution in [-0.4, -0.2) is 35.6 Å². The summed E-state index contributed by atoms with van der Waals surface area (Å²) in [6.07, 6.45) is 0.457. The Hall–Kier alpha value is 0.0238. The van der Waals surface area contributed by atoms with Crippen LogP contribution in [0.1, 0.15) is 41.5 Å². The van der Waals surface area contributed by atoms with Crippen molar-refractivity contribution in [1.29, 1.82) is 0 Å². The van der Waals surface area contributed by atoms with Gasteiger partial charge in [0.25, 0.3) is 0 Å². The predicted molar refractivity (Wildman–Crippen MR) is 91.3 cm³/mol. The average molecular weight is 319 g/mol. The van der Waals surface area contributed by atoms with Gasteiger partial charge in [-0.15, -0.1) is 0 Å². The molecule has 20 heavy (non-hydrogen) atoms. The van der Waals surface area contributed by atoms with Crippen LogP contribution in [0.3, 0.4) is 0 Å². The van der Waals surface area contributed by atoms with Gasteiger partial charge in [-0.2, -0.15) is 0 Å². The van der Waals surface area contributed by atoms with E-state index in [1.807, 2.05) is 0 Å². The minimum Gasteiger partial charge on any atom is -0.414 e. The molecule has 0 aromatic rings. The van der Waals surface area contributed by atoms with Crippen molar-refractivity contribution >= 4 is 22.9 Å². The molecule has 0 aliphatic heterocycles. The maximum Gasteiger partial charge on any atom is 0.193 e. The molecule has 0 spiro atoms. The van der Waals surface area contributed by atoms with Gasteiger partial charge in [-0.3, -0.25) is 0 Å². The Morgan fingerprint density at radius 3 is 1.60 bits per heavy atom. The highest BCUT2D eigenvalue weighted by molar-refractivity contribution is 6.74. The highest BCUT2D eigenvalue weighted by Crippen LogP contribution is 2.38. The molecule has 1 atom stereocenters. The molecule has 0 rings (SSSR count). The Bertz CT molecular complexity index is 325. The van der Waals surface area contributed by atoms with Crippen molar-refractivity contribution in [3.8, 4) is 0 Å². The van der Waals surface area contributed by atoms with E-state index in [4.69, 9.17) is 8.85 Å². The van der Waals surface area contributed by atoms with Gasteiger partial charge in [-0.1, -0.05) is 41.5 Å². The fourth-order valence-electron chi connectivity index (χ4n) is 1.16. The summed E-state index contributed by atoms with van der Waals surface area (Å²) in [6.45, 7) is 22.2. The van der Waals surface area contributed by atoms with E-state index in [2.05, 4.69) is 67.7 Å². The Morgan fingerprint density at radius 2 is 1.30 bits per heavy atom. The monoisotopic (exact) mass is 318 g/mol. The molecule has 0 amide bonds. The lowest BCUT2D eigenvalue weighted by atomic mass is 10.2. The number of carbonyl (C=O) groups excluding carboxylic acids is 1. The second-order valence-corrected chi connectivity index (χ2v) is 18.2. The molecule has 0 aromatic carbocycles. The smallest absolute Gasteiger partial charge is 0.193 e. The Labute approximate surface area is 127 Å². The average Bonchev–Trinajstić information content (AvgIpc) is 2.20. The summed E-state index contributed by atoms with van der Waals surface area (Å²) in [7, 11) is -3.76. The van der Waals surface area contributed by atoms with Crippen molar-refractivity contribution in [2.24, 2.45) is 0 Å². The lowest BCUT2D eigenvalue weighted by Gasteiger charge is -2.40.